The SMILES string of the molecule is CNc1ccc(C(=O)Nc2c(Cl)ccc3nsnc23)nc1. The summed E-state index contributed by atoms with van der Waals surface area (Å²) < 4.78 is 8.27. The number of fused-ring (bicyclic) bond motifs is 1. The lowest BCUT2D eigenvalue weighted by atomic mass is 10.2. The first-order valence-corrected chi connectivity index (χ1v) is 7.16. The number of pyridine rings is 1. The molecule has 2 heterocycles. The fourth-order valence-electron chi connectivity index (χ4n) is 1.80. The largest absolute Gasteiger partial charge is 0.387 e. The molecule has 0 radical (unpaired) electrons. The Morgan fingerprint density at radius 3 is 2.81 bits per heavy atom. The zero-order valence-electron chi connectivity index (χ0n) is 10.9. The number of halogens is 1. The number of nitrogens with one attached hydrogen (secondary N) is 2. The number of aromatic nitrogens is 3. The summed E-state index contributed by atoms with van der Waals surface area (Å²) >= 11 is 7.20. The van der Waals surface area contributed by atoms with E-state index in [1.54, 1.807) is 37.5 Å². The minimum Gasteiger partial charge on any atom is -0.387 e. The Bertz CT molecular complexity index is 802. The van der Waals surface area contributed by atoms with Crippen LogP contribution in [0.1, 0.15) is 10.5 Å². The van der Waals surface area contributed by atoms with Crippen LogP contribution in [-0.4, -0.2) is 26.7 Å². The second-order valence-electron chi connectivity index (χ2n) is 4.19. The maximum Gasteiger partial charge on any atom is 0.274 e. The predicted molar refractivity (Wildman–Crippen MR) is 84.2 cm³/mol. The molecule has 0 aliphatic carbocycles. The Labute approximate surface area is 129 Å². The number of rotatable bonds is 3. The van der Waals surface area contributed by atoms with E-state index in [2.05, 4.69) is 24.4 Å². The van der Waals surface area contributed by atoms with Crippen molar-refractivity contribution in [2.24, 2.45) is 0 Å². The van der Waals surface area contributed by atoms with Gasteiger partial charge in [0.1, 0.15) is 16.7 Å². The van der Waals surface area contributed by atoms with Crippen LogP contribution < -0.4 is 10.6 Å². The Balaban J connectivity index is 1.92. The average molecular weight is 320 g/mol. The van der Waals surface area contributed by atoms with Gasteiger partial charge in [-0.1, -0.05) is 11.6 Å². The molecule has 1 aromatic carbocycles. The third kappa shape index (κ3) is 2.65. The number of carbonyl (C=O) groups is 1. The monoisotopic (exact) mass is 319 g/mol. The molecule has 6 nitrogen and oxygen atoms in total. The average Bonchev–Trinajstić information content (AvgIpc) is 2.99. The number of hydrogen-bond donors (Lipinski definition) is 2. The fourth-order valence-corrected chi connectivity index (χ4v) is 2.54. The van der Waals surface area contributed by atoms with Crippen LogP contribution in [0.5, 0.6) is 0 Å². The second-order valence-corrected chi connectivity index (χ2v) is 5.13. The third-order valence-corrected chi connectivity index (χ3v) is 3.76. The lowest BCUT2D eigenvalue weighted by molar-refractivity contribution is 0.102. The lowest BCUT2D eigenvalue weighted by Crippen LogP contribution is -2.14. The first-order valence-electron chi connectivity index (χ1n) is 6.05. The fraction of sp³-hybridized carbons (Fsp3) is 0.0769. The topological polar surface area (TPSA) is 79.8 Å². The van der Waals surface area contributed by atoms with Crippen LogP contribution in [0.25, 0.3) is 11.0 Å². The number of carbonyl (C=O) groups excluding carboxylic acids is 1. The van der Waals surface area contributed by atoms with Gasteiger partial charge < -0.3 is 10.6 Å². The van der Waals surface area contributed by atoms with E-state index in [9.17, 15) is 4.79 Å². The quantitative estimate of drug-likeness (QED) is 0.775. The zero-order chi connectivity index (χ0) is 14.8. The first-order chi connectivity index (χ1) is 10.2. The number of benzene rings is 1. The van der Waals surface area contributed by atoms with Gasteiger partial charge in [0.05, 0.1) is 34.3 Å². The molecular weight excluding hydrogens is 310 g/mol. The van der Waals surface area contributed by atoms with Crippen molar-refractivity contribution in [1.82, 2.24) is 13.7 Å². The number of amides is 1. The van der Waals surface area contributed by atoms with E-state index >= 15 is 0 Å². The van der Waals surface area contributed by atoms with Gasteiger partial charge in [0, 0.05) is 7.05 Å². The minimum absolute atomic E-state index is 0.297. The molecule has 0 fully saturated rings. The van der Waals surface area contributed by atoms with E-state index in [0.29, 0.717) is 27.4 Å². The predicted octanol–water partition coefficient (Wildman–Crippen LogP) is 3.03. The highest BCUT2D eigenvalue weighted by molar-refractivity contribution is 7.00. The molecule has 3 rings (SSSR count). The molecule has 0 unspecified atom stereocenters. The van der Waals surface area contributed by atoms with Gasteiger partial charge in [-0.2, -0.15) is 8.75 Å². The second kappa shape index (κ2) is 5.63. The van der Waals surface area contributed by atoms with Crippen molar-refractivity contribution in [3.05, 3.63) is 41.2 Å². The van der Waals surface area contributed by atoms with E-state index in [1.807, 2.05) is 0 Å². The Morgan fingerprint density at radius 1 is 1.24 bits per heavy atom. The molecule has 0 bridgehead atoms. The van der Waals surface area contributed by atoms with Crippen molar-refractivity contribution in [2.45, 2.75) is 0 Å². The number of anilines is 2. The van der Waals surface area contributed by atoms with Crippen molar-refractivity contribution in [3.8, 4) is 0 Å². The lowest BCUT2D eigenvalue weighted by Gasteiger charge is -2.07. The molecule has 1 amide bonds. The highest BCUT2D eigenvalue weighted by atomic mass is 35.5. The van der Waals surface area contributed by atoms with Crippen LogP contribution in [-0.2, 0) is 0 Å². The van der Waals surface area contributed by atoms with Crippen LogP contribution in [0.3, 0.4) is 0 Å². The normalized spacial score (nSPS) is 10.6. The summed E-state index contributed by atoms with van der Waals surface area (Å²) in [6.07, 6.45) is 1.58. The zero-order valence-corrected chi connectivity index (χ0v) is 12.5. The molecule has 21 heavy (non-hydrogen) atoms. The molecule has 2 N–H and O–H groups in total. The van der Waals surface area contributed by atoms with Gasteiger partial charge in [-0.15, -0.1) is 0 Å². The molecule has 8 heteroatoms. The summed E-state index contributed by atoms with van der Waals surface area (Å²) in [7, 11) is 1.78. The smallest absolute Gasteiger partial charge is 0.274 e. The van der Waals surface area contributed by atoms with Crippen LogP contribution >= 0.6 is 23.3 Å². The molecule has 0 saturated carbocycles. The Hall–Kier alpha value is -2.25. The molecule has 2 aromatic heterocycles. The third-order valence-electron chi connectivity index (χ3n) is 2.90. The van der Waals surface area contributed by atoms with E-state index in [0.717, 1.165) is 17.4 Å². The molecule has 3 aromatic rings. The van der Waals surface area contributed by atoms with Crippen molar-refractivity contribution >= 4 is 51.6 Å². The Morgan fingerprint density at radius 2 is 2.10 bits per heavy atom. The van der Waals surface area contributed by atoms with Gasteiger partial charge in [-0.05, 0) is 24.3 Å². The van der Waals surface area contributed by atoms with Crippen LogP contribution in [0.4, 0.5) is 11.4 Å². The summed E-state index contributed by atoms with van der Waals surface area (Å²) in [5.74, 6) is -0.347. The maximum atomic E-state index is 12.2. The van der Waals surface area contributed by atoms with Crippen molar-refractivity contribution < 1.29 is 4.79 Å². The van der Waals surface area contributed by atoms with Crippen molar-refractivity contribution in [3.63, 3.8) is 0 Å². The first kappa shape index (κ1) is 13.7. The van der Waals surface area contributed by atoms with Crippen LogP contribution in [0.2, 0.25) is 5.02 Å². The van der Waals surface area contributed by atoms with Crippen molar-refractivity contribution in [2.75, 3.05) is 17.7 Å². The standard InChI is InChI=1S/C13H10ClN5OS/c1-15-7-2-4-10(16-6-7)13(20)17-11-8(14)3-5-9-12(11)19-21-18-9/h2-6,15H,1H3,(H,17,20). The minimum atomic E-state index is -0.347. The van der Waals surface area contributed by atoms with Gasteiger partial charge in [0.2, 0.25) is 0 Å². The maximum absolute atomic E-state index is 12.2. The highest BCUT2D eigenvalue weighted by Gasteiger charge is 2.14. The Kier molecular flexibility index (Phi) is 3.68. The summed E-state index contributed by atoms with van der Waals surface area (Å²) in [5.41, 5.74) is 2.85. The summed E-state index contributed by atoms with van der Waals surface area (Å²) in [6, 6.07) is 6.85. The highest BCUT2D eigenvalue weighted by Crippen LogP contribution is 2.30. The molecular formula is C13H10ClN5OS. The molecule has 0 saturated heterocycles. The van der Waals surface area contributed by atoms with Gasteiger partial charge in [-0.3, -0.25) is 4.79 Å². The van der Waals surface area contributed by atoms with Crippen molar-refractivity contribution in [1.29, 1.82) is 0 Å². The van der Waals surface area contributed by atoms with Crippen LogP contribution in [0, 0.1) is 0 Å². The van der Waals surface area contributed by atoms with Gasteiger partial charge in [-0.25, -0.2) is 4.98 Å². The number of hydrogen-bond acceptors (Lipinski definition) is 6. The van der Waals surface area contributed by atoms with E-state index in [1.165, 1.54) is 0 Å². The van der Waals surface area contributed by atoms with Gasteiger partial charge in [0.25, 0.3) is 5.91 Å². The molecule has 0 spiro atoms. The van der Waals surface area contributed by atoms with E-state index in [-0.39, 0.29) is 5.91 Å². The van der Waals surface area contributed by atoms with Gasteiger partial charge in [0.15, 0.2) is 0 Å². The number of nitrogens with zero attached hydrogens (tertiary/aromatic N) is 3. The molecule has 0 atom stereocenters. The summed E-state index contributed by atoms with van der Waals surface area (Å²) in [5, 5.41) is 6.10. The van der Waals surface area contributed by atoms with Gasteiger partial charge >= 0.3 is 0 Å². The molecule has 0 aliphatic heterocycles. The van der Waals surface area contributed by atoms with E-state index in [4.69, 9.17) is 11.6 Å². The molecule has 0 aliphatic rings. The summed E-state index contributed by atoms with van der Waals surface area (Å²) in [6.45, 7) is 0. The molecule has 106 valence electrons. The van der Waals surface area contributed by atoms with Crippen LogP contribution in [0.15, 0.2) is 30.5 Å². The summed E-state index contributed by atoms with van der Waals surface area (Å²) in [4.78, 5) is 16.3. The van der Waals surface area contributed by atoms with E-state index < -0.39 is 0 Å².